The number of ketones is 1. The predicted octanol–water partition coefficient (Wildman–Crippen LogP) is 3.49. The number of Topliss-reactive ketones (excluding diaryl/α,β-unsaturated/α-hetero) is 1. The zero-order valence-electron chi connectivity index (χ0n) is 18.5. The average molecular weight is 471 g/mol. The molecule has 2 aliphatic heterocycles. The highest BCUT2D eigenvalue weighted by Crippen LogP contribution is 2.42. The quantitative estimate of drug-likeness (QED) is 0.379. The monoisotopic (exact) mass is 470 g/mol. The Kier molecular flexibility index (Phi) is 7.33. The number of hydrogen-bond donors (Lipinski definition) is 1. The number of methoxy groups -OCH3 is 1. The summed E-state index contributed by atoms with van der Waals surface area (Å²) < 4.78 is 10.9. The van der Waals surface area contributed by atoms with Crippen LogP contribution >= 0.6 is 11.6 Å². The van der Waals surface area contributed by atoms with Crippen LogP contribution in [0.25, 0.3) is 5.76 Å². The smallest absolute Gasteiger partial charge is 0.295 e. The van der Waals surface area contributed by atoms with Gasteiger partial charge in [0.1, 0.15) is 11.5 Å². The summed E-state index contributed by atoms with van der Waals surface area (Å²) >= 11 is 5.98. The summed E-state index contributed by atoms with van der Waals surface area (Å²) in [5, 5.41) is 11.6. The second kappa shape index (κ2) is 10.4. The molecule has 0 radical (unpaired) electrons. The molecule has 2 saturated heterocycles. The Labute approximate surface area is 198 Å². The molecule has 2 fully saturated rings. The number of ether oxygens (including phenoxy) is 2. The maximum absolute atomic E-state index is 13.1. The van der Waals surface area contributed by atoms with Crippen LogP contribution in [0.2, 0.25) is 5.02 Å². The molecular formula is C25H27ClN2O5. The minimum absolute atomic E-state index is 0.0539. The van der Waals surface area contributed by atoms with Crippen molar-refractivity contribution in [2.45, 2.75) is 12.5 Å². The molecule has 1 atom stereocenters. The standard InChI is InChI=1S/C25H27ClN2O5/c1-32-20-6-3-2-5-19(20)22-21(23(29)17-7-9-18(26)10-8-17)24(30)25(31)28(22)12-4-11-27-13-15-33-16-14-27/h2-3,5-10,22,29H,4,11-16H2,1H3/b23-21-. The molecule has 174 valence electrons. The van der Waals surface area contributed by atoms with E-state index in [-0.39, 0.29) is 11.3 Å². The number of amides is 1. The zero-order valence-corrected chi connectivity index (χ0v) is 19.3. The number of benzene rings is 2. The molecule has 4 rings (SSSR count). The van der Waals surface area contributed by atoms with E-state index in [2.05, 4.69) is 4.90 Å². The van der Waals surface area contributed by atoms with Gasteiger partial charge < -0.3 is 19.5 Å². The number of morpholine rings is 1. The van der Waals surface area contributed by atoms with Gasteiger partial charge in [0, 0.05) is 42.3 Å². The van der Waals surface area contributed by atoms with Gasteiger partial charge in [0.15, 0.2) is 0 Å². The molecule has 1 amide bonds. The van der Waals surface area contributed by atoms with Gasteiger partial charge in [0.25, 0.3) is 11.7 Å². The van der Waals surface area contributed by atoms with Crippen LogP contribution in [0.4, 0.5) is 0 Å². The van der Waals surface area contributed by atoms with Crippen molar-refractivity contribution in [3.63, 3.8) is 0 Å². The van der Waals surface area contributed by atoms with E-state index < -0.39 is 17.7 Å². The lowest BCUT2D eigenvalue weighted by atomic mass is 9.94. The number of aliphatic hydroxyl groups is 1. The summed E-state index contributed by atoms with van der Waals surface area (Å²) in [4.78, 5) is 30.1. The Morgan fingerprint density at radius 3 is 2.48 bits per heavy atom. The molecule has 0 aromatic heterocycles. The third-order valence-corrected chi connectivity index (χ3v) is 6.32. The van der Waals surface area contributed by atoms with Gasteiger partial charge in [-0.05, 0) is 36.8 Å². The highest BCUT2D eigenvalue weighted by molar-refractivity contribution is 6.46. The van der Waals surface area contributed by atoms with Gasteiger partial charge in [-0.25, -0.2) is 0 Å². The largest absolute Gasteiger partial charge is 0.507 e. The molecule has 2 aliphatic rings. The van der Waals surface area contributed by atoms with Crippen molar-refractivity contribution in [2.24, 2.45) is 0 Å². The normalized spacial score (nSPS) is 20.9. The summed E-state index contributed by atoms with van der Waals surface area (Å²) in [7, 11) is 1.54. The Balaban J connectivity index is 1.70. The highest BCUT2D eigenvalue weighted by atomic mass is 35.5. The first-order valence-corrected chi connectivity index (χ1v) is 11.4. The van der Waals surface area contributed by atoms with Gasteiger partial charge in [-0.1, -0.05) is 29.8 Å². The lowest BCUT2D eigenvalue weighted by Gasteiger charge is -2.29. The molecule has 0 saturated carbocycles. The third kappa shape index (κ3) is 4.90. The Morgan fingerprint density at radius 1 is 1.09 bits per heavy atom. The van der Waals surface area contributed by atoms with Crippen LogP contribution in [-0.4, -0.2) is 73.1 Å². The third-order valence-electron chi connectivity index (χ3n) is 6.07. The van der Waals surface area contributed by atoms with E-state index in [0.717, 1.165) is 19.6 Å². The Morgan fingerprint density at radius 2 is 1.79 bits per heavy atom. The predicted molar refractivity (Wildman–Crippen MR) is 125 cm³/mol. The Bertz CT molecular complexity index is 1050. The van der Waals surface area contributed by atoms with Crippen LogP contribution in [0.5, 0.6) is 5.75 Å². The first kappa shape index (κ1) is 23.3. The highest BCUT2D eigenvalue weighted by Gasteiger charge is 2.46. The zero-order chi connectivity index (χ0) is 23.4. The van der Waals surface area contributed by atoms with E-state index in [1.165, 1.54) is 0 Å². The summed E-state index contributed by atoms with van der Waals surface area (Å²) in [6.07, 6.45) is 0.694. The summed E-state index contributed by atoms with van der Waals surface area (Å²) in [5.74, 6) is -1.01. The number of rotatable bonds is 7. The number of hydrogen-bond acceptors (Lipinski definition) is 6. The van der Waals surface area contributed by atoms with E-state index in [1.54, 1.807) is 42.3 Å². The number of likely N-dealkylation sites (tertiary alicyclic amines) is 1. The van der Waals surface area contributed by atoms with Crippen LogP contribution in [0, 0.1) is 0 Å². The number of nitrogens with zero attached hydrogens (tertiary/aromatic N) is 2. The van der Waals surface area contributed by atoms with Crippen molar-refractivity contribution in [2.75, 3.05) is 46.5 Å². The van der Waals surface area contributed by atoms with E-state index in [9.17, 15) is 14.7 Å². The van der Waals surface area contributed by atoms with E-state index in [0.29, 0.717) is 48.1 Å². The van der Waals surface area contributed by atoms with Crippen LogP contribution in [0.15, 0.2) is 54.1 Å². The Hall–Kier alpha value is -2.87. The van der Waals surface area contributed by atoms with Crippen LogP contribution in [-0.2, 0) is 14.3 Å². The van der Waals surface area contributed by atoms with E-state index >= 15 is 0 Å². The summed E-state index contributed by atoms with van der Waals surface area (Å²) in [5.41, 5.74) is 1.13. The van der Waals surface area contributed by atoms with Gasteiger partial charge in [-0.3, -0.25) is 14.5 Å². The fraction of sp³-hybridized carbons (Fsp3) is 0.360. The van der Waals surface area contributed by atoms with Gasteiger partial charge in [0.2, 0.25) is 0 Å². The van der Waals surface area contributed by atoms with Crippen molar-refractivity contribution in [3.05, 3.63) is 70.3 Å². The average Bonchev–Trinajstić information content (AvgIpc) is 3.09. The van der Waals surface area contributed by atoms with Crippen molar-refractivity contribution in [1.29, 1.82) is 0 Å². The molecule has 7 nitrogen and oxygen atoms in total. The van der Waals surface area contributed by atoms with E-state index in [1.807, 2.05) is 18.2 Å². The van der Waals surface area contributed by atoms with Gasteiger partial charge in [-0.2, -0.15) is 0 Å². The number of halogens is 1. The fourth-order valence-corrected chi connectivity index (χ4v) is 4.50. The SMILES string of the molecule is COc1ccccc1C1/C(=C(/O)c2ccc(Cl)cc2)C(=O)C(=O)N1CCCN1CCOCC1. The first-order valence-electron chi connectivity index (χ1n) is 11.0. The second-order valence-corrected chi connectivity index (χ2v) is 8.49. The minimum atomic E-state index is -0.749. The van der Waals surface area contributed by atoms with Crippen LogP contribution < -0.4 is 4.74 Å². The van der Waals surface area contributed by atoms with Crippen LogP contribution in [0.1, 0.15) is 23.6 Å². The number of carbonyl (C=O) groups is 2. The molecular weight excluding hydrogens is 444 g/mol. The van der Waals surface area contributed by atoms with Crippen molar-refractivity contribution in [1.82, 2.24) is 9.80 Å². The van der Waals surface area contributed by atoms with Crippen molar-refractivity contribution < 1.29 is 24.2 Å². The fourth-order valence-electron chi connectivity index (χ4n) is 4.38. The van der Waals surface area contributed by atoms with Gasteiger partial charge >= 0.3 is 0 Å². The molecule has 8 heteroatoms. The molecule has 0 spiro atoms. The number of para-hydroxylation sites is 1. The molecule has 1 unspecified atom stereocenters. The number of carbonyl (C=O) groups excluding carboxylic acids is 2. The second-order valence-electron chi connectivity index (χ2n) is 8.05. The molecule has 0 aliphatic carbocycles. The molecule has 2 aromatic carbocycles. The van der Waals surface area contributed by atoms with Crippen LogP contribution in [0.3, 0.4) is 0 Å². The lowest BCUT2D eigenvalue weighted by Crippen LogP contribution is -2.39. The molecule has 2 aromatic rings. The summed E-state index contributed by atoms with van der Waals surface area (Å²) in [6.45, 7) is 4.28. The molecule has 1 N–H and O–H groups in total. The maximum Gasteiger partial charge on any atom is 0.295 e. The maximum atomic E-state index is 13.1. The minimum Gasteiger partial charge on any atom is -0.507 e. The van der Waals surface area contributed by atoms with Gasteiger partial charge in [-0.15, -0.1) is 0 Å². The van der Waals surface area contributed by atoms with Crippen molar-refractivity contribution in [3.8, 4) is 5.75 Å². The first-order chi connectivity index (χ1) is 16.0. The number of aliphatic hydroxyl groups excluding tert-OH is 1. The van der Waals surface area contributed by atoms with Crippen molar-refractivity contribution >= 4 is 29.1 Å². The summed E-state index contributed by atoms with van der Waals surface area (Å²) in [6, 6.07) is 13.0. The molecule has 33 heavy (non-hydrogen) atoms. The molecule has 0 bridgehead atoms. The molecule has 2 heterocycles. The van der Waals surface area contributed by atoms with E-state index in [4.69, 9.17) is 21.1 Å². The lowest BCUT2D eigenvalue weighted by molar-refractivity contribution is -0.140. The topological polar surface area (TPSA) is 79.3 Å². The van der Waals surface area contributed by atoms with Gasteiger partial charge in [0.05, 0.1) is 31.9 Å².